The average molecular weight is 280 g/mol. The molecule has 1 rings (SSSR count). The Morgan fingerprint density at radius 3 is 2.50 bits per heavy atom. The zero-order chi connectivity index (χ0) is 10.8. The minimum Gasteiger partial charge on any atom is -0.213 e. The van der Waals surface area contributed by atoms with Gasteiger partial charge in [0.1, 0.15) is 0 Å². The van der Waals surface area contributed by atoms with Crippen LogP contribution in [-0.4, -0.2) is 20.7 Å². The summed E-state index contributed by atoms with van der Waals surface area (Å²) in [6.07, 6.45) is 6.97. The van der Waals surface area contributed by atoms with Crippen molar-refractivity contribution < 1.29 is 8.42 Å². The third kappa shape index (κ3) is 3.94. The van der Waals surface area contributed by atoms with Gasteiger partial charge in [-0.25, -0.2) is 13.1 Å². The van der Waals surface area contributed by atoms with E-state index in [2.05, 4.69) is 20.7 Å². The van der Waals surface area contributed by atoms with E-state index in [1.165, 1.54) is 6.26 Å². The Morgan fingerprint density at radius 1 is 1.43 bits per heavy atom. The average Bonchev–Trinajstić information content (AvgIpc) is 2.02. The van der Waals surface area contributed by atoms with Crippen molar-refractivity contribution in [3.63, 3.8) is 0 Å². The van der Waals surface area contributed by atoms with E-state index in [1.807, 2.05) is 19.1 Å². The number of hydrogen-bond acceptors (Lipinski definition) is 2. The first kappa shape index (κ1) is 11.9. The van der Waals surface area contributed by atoms with Crippen molar-refractivity contribution in [2.45, 2.75) is 25.8 Å². The van der Waals surface area contributed by atoms with E-state index in [9.17, 15) is 8.42 Å². The third-order valence-corrected chi connectivity index (χ3v) is 3.52. The highest BCUT2D eigenvalue weighted by Crippen LogP contribution is 2.24. The highest BCUT2D eigenvalue weighted by atomic mass is 79.9. The van der Waals surface area contributed by atoms with Crippen molar-refractivity contribution in [3.8, 4) is 0 Å². The monoisotopic (exact) mass is 279 g/mol. The first-order valence-corrected chi connectivity index (χ1v) is 7.09. The molecule has 0 saturated heterocycles. The normalized spacial score (nSPS) is 19.9. The van der Waals surface area contributed by atoms with Crippen molar-refractivity contribution in [1.82, 2.24) is 4.72 Å². The number of halogens is 1. The maximum Gasteiger partial charge on any atom is 0.209 e. The summed E-state index contributed by atoms with van der Waals surface area (Å²) in [6, 6.07) is -0.109. The highest BCUT2D eigenvalue weighted by molar-refractivity contribution is 9.11. The van der Waals surface area contributed by atoms with Crippen molar-refractivity contribution in [3.05, 3.63) is 22.2 Å². The molecule has 0 aromatic heterocycles. The third-order valence-electron chi connectivity index (χ3n) is 2.08. The number of hydrogen-bond donors (Lipinski definition) is 1. The molecular formula is C9H14BrNO2S. The molecule has 0 fully saturated rings. The summed E-state index contributed by atoms with van der Waals surface area (Å²) in [4.78, 5) is 0. The number of rotatable bonds is 3. The zero-order valence-corrected chi connectivity index (χ0v) is 10.7. The molecule has 1 atom stereocenters. The standard InChI is InChI=1S/C9H14BrNO2S/c1-7(11-14(2,12)13)8-3-5-9(10)6-4-8/h3,5,7,11H,4,6H2,1-2H3/t7-/m1/s1. The van der Waals surface area contributed by atoms with Crippen LogP contribution in [0.5, 0.6) is 0 Å². The van der Waals surface area contributed by atoms with Gasteiger partial charge in [0.05, 0.1) is 6.26 Å². The Balaban J connectivity index is 2.67. The summed E-state index contributed by atoms with van der Waals surface area (Å²) < 4.78 is 25.7. The highest BCUT2D eigenvalue weighted by Gasteiger charge is 2.14. The maximum absolute atomic E-state index is 11.0. The lowest BCUT2D eigenvalue weighted by molar-refractivity contribution is 0.576. The lowest BCUT2D eigenvalue weighted by Gasteiger charge is -2.18. The van der Waals surface area contributed by atoms with E-state index < -0.39 is 10.0 Å². The molecule has 1 aliphatic rings. The summed E-state index contributed by atoms with van der Waals surface area (Å²) in [5, 5.41) is 0. The number of nitrogens with one attached hydrogen (secondary N) is 1. The first-order valence-electron chi connectivity index (χ1n) is 4.41. The van der Waals surface area contributed by atoms with E-state index in [-0.39, 0.29) is 6.04 Å². The number of sulfonamides is 1. The van der Waals surface area contributed by atoms with Crippen LogP contribution in [0.25, 0.3) is 0 Å². The van der Waals surface area contributed by atoms with Crippen LogP contribution in [0.3, 0.4) is 0 Å². The molecule has 0 radical (unpaired) electrons. The molecule has 0 spiro atoms. The summed E-state index contributed by atoms with van der Waals surface area (Å²) >= 11 is 3.40. The molecule has 0 aromatic rings. The SMILES string of the molecule is C[C@@H](NS(C)(=O)=O)C1=CC=C(Br)CC1. The fourth-order valence-electron chi connectivity index (χ4n) is 1.39. The van der Waals surface area contributed by atoms with Crippen molar-refractivity contribution in [1.29, 1.82) is 0 Å². The molecule has 80 valence electrons. The van der Waals surface area contributed by atoms with Gasteiger partial charge in [-0.2, -0.15) is 0 Å². The van der Waals surface area contributed by atoms with Crippen LogP contribution in [0.2, 0.25) is 0 Å². The van der Waals surface area contributed by atoms with Crippen LogP contribution in [0, 0.1) is 0 Å². The van der Waals surface area contributed by atoms with E-state index in [1.54, 1.807) is 0 Å². The molecule has 0 bridgehead atoms. The quantitative estimate of drug-likeness (QED) is 0.858. The second-order valence-corrected chi connectivity index (χ2v) is 6.27. The molecule has 14 heavy (non-hydrogen) atoms. The molecule has 1 aliphatic carbocycles. The molecule has 1 N–H and O–H groups in total. The van der Waals surface area contributed by atoms with Crippen molar-refractivity contribution in [2.24, 2.45) is 0 Å². The largest absolute Gasteiger partial charge is 0.213 e. The lowest BCUT2D eigenvalue weighted by Crippen LogP contribution is -2.33. The summed E-state index contributed by atoms with van der Waals surface area (Å²) in [5.41, 5.74) is 1.12. The topological polar surface area (TPSA) is 46.2 Å². The Morgan fingerprint density at radius 2 is 2.07 bits per heavy atom. The van der Waals surface area contributed by atoms with Gasteiger partial charge in [-0.15, -0.1) is 0 Å². The van der Waals surface area contributed by atoms with Gasteiger partial charge in [0.25, 0.3) is 0 Å². The Labute approximate surface area is 93.5 Å². The molecule has 0 heterocycles. The van der Waals surface area contributed by atoms with Gasteiger partial charge in [0.15, 0.2) is 0 Å². The molecule has 0 aliphatic heterocycles. The van der Waals surface area contributed by atoms with E-state index >= 15 is 0 Å². The van der Waals surface area contributed by atoms with Gasteiger partial charge in [-0.05, 0) is 24.2 Å². The van der Waals surface area contributed by atoms with Crippen LogP contribution in [-0.2, 0) is 10.0 Å². The first-order chi connectivity index (χ1) is 6.38. The fraction of sp³-hybridized carbons (Fsp3) is 0.556. The Bertz CT molecular complexity index is 370. The maximum atomic E-state index is 11.0. The predicted molar refractivity (Wildman–Crippen MR) is 61.8 cm³/mol. The van der Waals surface area contributed by atoms with Gasteiger partial charge in [0, 0.05) is 6.04 Å². The molecule has 3 nitrogen and oxygen atoms in total. The van der Waals surface area contributed by atoms with Crippen LogP contribution in [0.4, 0.5) is 0 Å². The second-order valence-electron chi connectivity index (χ2n) is 3.47. The fourth-order valence-corrected chi connectivity index (χ4v) is 2.51. The molecule has 0 saturated carbocycles. The van der Waals surface area contributed by atoms with Gasteiger partial charge >= 0.3 is 0 Å². The minimum atomic E-state index is -3.11. The van der Waals surface area contributed by atoms with Crippen LogP contribution >= 0.6 is 15.9 Å². The second kappa shape index (κ2) is 4.59. The van der Waals surface area contributed by atoms with E-state index in [0.29, 0.717) is 0 Å². The molecule has 5 heteroatoms. The van der Waals surface area contributed by atoms with Gasteiger partial charge < -0.3 is 0 Å². The van der Waals surface area contributed by atoms with E-state index in [0.717, 1.165) is 22.9 Å². The zero-order valence-electron chi connectivity index (χ0n) is 8.25. The van der Waals surface area contributed by atoms with Gasteiger partial charge in [-0.1, -0.05) is 33.7 Å². The van der Waals surface area contributed by atoms with Gasteiger partial charge in [-0.3, -0.25) is 0 Å². The molecular weight excluding hydrogens is 266 g/mol. The number of allylic oxidation sites excluding steroid dienone is 3. The van der Waals surface area contributed by atoms with Crippen LogP contribution in [0.15, 0.2) is 22.2 Å². The Hall–Kier alpha value is -0.130. The van der Waals surface area contributed by atoms with E-state index in [4.69, 9.17) is 0 Å². The molecule has 0 amide bonds. The minimum absolute atomic E-state index is 0.109. The van der Waals surface area contributed by atoms with Crippen molar-refractivity contribution in [2.75, 3.05) is 6.26 Å². The summed E-state index contributed by atoms with van der Waals surface area (Å²) in [5.74, 6) is 0. The molecule has 0 aromatic carbocycles. The predicted octanol–water partition coefficient (Wildman–Crippen LogP) is 1.92. The van der Waals surface area contributed by atoms with Crippen molar-refractivity contribution >= 4 is 26.0 Å². The molecule has 0 unspecified atom stereocenters. The van der Waals surface area contributed by atoms with Gasteiger partial charge in [0.2, 0.25) is 10.0 Å². The lowest BCUT2D eigenvalue weighted by atomic mass is 10.00. The smallest absolute Gasteiger partial charge is 0.209 e. The van der Waals surface area contributed by atoms with Crippen LogP contribution < -0.4 is 4.72 Å². The summed E-state index contributed by atoms with van der Waals surface area (Å²) in [7, 11) is -3.11. The summed E-state index contributed by atoms with van der Waals surface area (Å²) in [6.45, 7) is 1.86. The Kier molecular flexibility index (Phi) is 3.92. The van der Waals surface area contributed by atoms with Crippen LogP contribution in [0.1, 0.15) is 19.8 Å².